The monoisotopic (exact) mass is 222 g/mol. The van der Waals surface area contributed by atoms with Gasteiger partial charge in [-0.25, -0.2) is 0 Å². The molecular formula is C13H22N2O. The molecule has 0 saturated carbocycles. The molecule has 0 aromatic carbocycles. The normalized spacial score (nSPS) is 41.6. The smallest absolute Gasteiger partial charge is 0.131 e. The molecule has 3 fully saturated rings. The van der Waals surface area contributed by atoms with Gasteiger partial charge >= 0.3 is 0 Å². The molecule has 0 radical (unpaired) electrons. The Morgan fingerprint density at radius 2 is 2.25 bits per heavy atom. The van der Waals surface area contributed by atoms with E-state index >= 15 is 0 Å². The molecule has 3 saturated heterocycles. The van der Waals surface area contributed by atoms with Crippen LogP contribution in [0, 0.1) is 11.8 Å². The minimum atomic E-state index is 0.000718. The summed E-state index contributed by atoms with van der Waals surface area (Å²) in [5.41, 5.74) is 4.46. The van der Waals surface area contributed by atoms with Crippen LogP contribution in [0.5, 0.6) is 0 Å². The van der Waals surface area contributed by atoms with E-state index in [9.17, 15) is 0 Å². The van der Waals surface area contributed by atoms with E-state index < -0.39 is 0 Å². The standard InChI is InChI=1S/C13H22N2O/c1-10(2)7-12-8-13(16-14-12)9-15-5-3-11(13)4-6-15/h8,10-11,14H,3-7,9H2,1-2H3. The molecule has 3 heteroatoms. The van der Waals surface area contributed by atoms with E-state index in [-0.39, 0.29) is 5.60 Å². The lowest BCUT2D eigenvalue weighted by atomic mass is 9.75. The van der Waals surface area contributed by atoms with Gasteiger partial charge in [0, 0.05) is 12.2 Å². The van der Waals surface area contributed by atoms with Gasteiger partial charge < -0.3 is 0 Å². The summed E-state index contributed by atoms with van der Waals surface area (Å²) < 4.78 is 0. The van der Waals surface area contributed by atoms with Crippen molar-refractivity contribution in [1.29, 1.82) is 0 Å². The molecule has 2 bridgehead atoms. The Balaban J connectivity index is 1.77. The fourth-order valence-electron chi connectivity index (χ4n) is 3.39. The molecule has 90 valence electrons. The lowest BCUT2D eigenvalue weighted by Crippen LogP contribution is -2.58. The second kappa shape index (κ2) is 3.74. The zero-order valence-corrected chi connectivity index (χ0v) is 10.3. The minimum absolute atomic E-state index is 0.000718. The van der Waals surface area contributed by atoms with E-state index in [1.807, 2.05) is 0 Å². The van der Waals surface area contributed by atoms with E-state index in [1.165, 1.54) is 31.6 Å². The summed E-state index contributed by atoms with van der Waals surface area (Å²) in [4.78, 5) is 8.48. The molecule has 1 unspecified atom stereocenters. The van der Waals surface area contributed by atoms with Crippen molar-refractivity contribution in [3.05, 3.63) is 11.8 Å². The summed E-state index contributed by atoms with van der Waals surface area (Å²) >= 11 is 0. The Hall–Kier alpha value is -0.540. The molecule has 4 aliphatic heterocycles. The summed E-state index contributed by atoms with van der Waals surface area (Å²) in [6, 6.07) is 0. The summed E-state index contributed by atoms with van der Waals surface area (Å²) in [6.45, 7) is 8.13. The highest BCUT2D eigenvalue weighted by atomic mass is 16.7. The molecule has 1 spiro atoms. The number of piperidine rings is 3. The Kier molecular flexibility index (Phi) is 2.48. The quantitative estimate of drug-likeness (QED) is 0.772. The molecule has 0 amide bonds. The maximum atomic E-state index is 5.94. The Morgan fingerprint density at radius 3 is 2.81 bits per heavy atom. The van der Waals surface area contributed by atoms with Gasteiger partial charge in [0.1, 0.15) is 5.60 Å². The van der Waals surface area contributed by atoms with Crippen molar-refractivity contribution in [2.24, 2.45) is 11.8 Å². The molecule has 3 nitrogen and oxygen atoms in total. The van der Waals surface area contributed by atoms with Crippen LogP contribution < -0.4 is 5.48 Å². The van der Waals surface area contributed by atoms with Crippen molar-refractivity contribution in [1.82, 2.24) is 10.4 Å². The molecule has 16 heavy (non-hydrogen) atoms. The van der Waals surface area contributed by atoms with Crippen LogP contribution in [0.1, 0.15) is 33.1 Å². The van der Waals surface area contributed by atoms with Gasteiger partial charge in [-0.15, -0.1) is 0 Å². The molecule has 4 aliphatic rings. The number of hydroxylamine groups is 1. The second-order valence-corrected chi connectivity index (χ2v) is 5.98. The highest BCUT2D eigenvalue weighted by Crippen LogP contribution is 2.41. The lowest BCUT2D eigenvalue weighted by molar-refractivity contribution is -0.138. The summed E-state index contributed by atoms with van der Waals surface area (Å²) in [5, 5.41) is 0. The van der Waals surface area contributed by atoms with Gasteiger partial charge in [-0.2, -0.15) is 0 Å². The maximum Gasteiger partial charge on any atom is 0.131 e. The van der Waals surface area contributed by atoms with Gasteiger partial charge in [0.15, 0.2) is 0 Å². The summed E-state index contributed by atoms with van der Waals surface area (Å²) in [5.74, 6) is 1.42. The zero-order chi connectivity index (χ0) is 11.2. The minimum Gasteiger partial charge on any atom is -0.300 e. The third-order valence-electron chi connectivity index (χ3n) is 4.17. The van der Waals surface area contributed by atoms with E-state index in [1.54, 1.807) is 0 Å². The average molecular weight is 222 g/mol. The molecular weight excluding hydrogens is 200 g/mol. The van der Waals surface area contributed by atoms with E-state index in [2.05, 4.69) is 30.3 Å². The van der Waals surface area contributed by atoms with Gasteiger partial charge in [0.25, 0.3) is 0 Å². The number of fused-ring (bicyclic) bond motifs is 2. The van der Waals surface area contributed by atoms with Crippen LogP contribution in [0.15, 0.2) is 11.8 Å². The number of hydrogen-bond donors (Lipinski definition) is 1. The topological polar surface area (TPSA) is 24.5 Å². The molecule has 0 aliphatic carbocycles. The Morgan fingerprint density at radius 1 is 1.50 bits per heavy atom. The van der Waals surface area contributed by atoms with Crippen LogP contribution in [0.4, 0.5) is 0 Å². The molecule has 4 rings (SSSR count). The first-order chi connectivity index (χ1) is 7.68. The highest BCUT2D eigenvalue weighted by Gasteiger charge is 2.49. The van der Waals surface area contributed by atoms with Gasteiger partial charge in [0.2, 0.25) is 0 Å². The van der Waals surface area contributed by atoms with Crippen LogP contribution in [-0.2, 0) is 4.84 Å². The van der Waals surface area contributed by atoms with Crippen molar-refractivity contribution < 1.29 is 4.84 Å². The molecule has 1 N–H and O–H groups in total. The molecule has 4 heterocycles. The first-order valence-electron chi connectivity index (χ1n) is 6.56. The number of hydrogen-bond acceptors (Lipinski definition) is 3. The first kappa shape index (κ1) is 10.6. The van der Waals surface area contributed by atoms with E-state index in [4.69, 9.17) is 4.84 Å². The van der Waals surface area contributed by atoms with Crippen molar-refractivity contribution >= 4 is 0 Å². The van der Waals surface area contributed by atoms with Crippen LogP contribution in [0.3, 0.4) is 0 Å². The predicted octanol–water partition coefficient (Wildman–Crippen LogP) is 1.92. The first-order valence-corrected chi connectivity index (χ1v) is 6.56. The molecule has 0 aromatic rings. The highest BCUT2D eigenvalue weighted by molar-refractivity contribution is 5.20. The fourth-order valence-corrected chi connectivity index (χ4v) is 3.39. The van der Waals surface area contributed by atoms with Gasteiger partial charge in [0.05, 0.1) is 0 Å². The van der Waals surface area contributed by atoms with Gasteiger partial charge in [-0.1, -0.05) is 13.8 Å². The van der Waals surface area contributed by atoms with Crippen molar-refractivity contribution in [3.63, 3.8) is 0 Å². The fraction of sp³-hybridized carbons (Fsp3) is 0.846. The third-order valence-corrected chi connectivity index (χ3v) is 4.17. The van der Waals surface area contributed by atoms with Crippen LogP contribution in [0.25, 0.3) is 0 Å². The maximum absolute atomic E-state index is 5.94. The number of nitrogens with zero attached hydrogens (tertiary/aromatic N) is 1. The van der Waals surface area contributed by atoms with Crippen LogP contribution in [0.2, 0.25) is 0 Å². The molecule has 1 atom stereocenters. The number of rotatable bonds is 2. The largest absolute Gasteiger partial charge is 0.300 e. The second-order valence-electron chi connectivity index (χ2n) is 5.98. The average Bonchev–Trinajstić information content (AvgIpc) is 2.62. The van der Waals surface area contributed by atoms with Crippen LogP contribution >= 0.6 is 0 Å². The molecule has 0 aromatic heterocycles. The predicted molar refractivity (Wildman–Crippen MR) is 63.7 cm³/mol. The lowest BCUT2D eigenvalue weighted by Gasteiger charge is -2.49. The van der Waals surface area contributed by atoms with Crippen molar-refractivity contribution in [2.45, 2.75) is 38.7 Å². The SMILES string of the molecule is CC(C)CC1=CC2(CN3CCC2CC3)ON1. The number of nitrogens with one attached hydrogen (secondary N) is 1. The number of allylic oxidation sites excluding steroid dienone is 1. The van der Waals surface area contributed by atoms with Gasteiger partial charge in [-0.3, -0.25) is 15.2 Å². The van der Waals surface area contributed by atoms with E-state index in [0.717, 1.165) is 18.9 Å². The van der Waals surface area contributed by atoms with Gasteiger partial charge in [-0.05, 0) is 50.3 Å². The van der Waals surface area contributed by atoms with E-state index in [0.29, 0.717) is 5.92 Å². The zero-order valence-electron chi connectivity index (χ0n) is 10.3. The Bertz CT molecular complexity index is 305. The Labute approximate surface area is 97.8 Å². The summed E-state index contributed by atoms with van der Waals surface area (Å²) in [6.07, 6.45) is 6.08. The van der Waals surface area contributed by atoms with Crippen molar-refractivity contribution in [3.8, 4) is 0 Å². The van der Waals surface area contributed by atoms with Crippen molar-refractivity contribution in [2.75, 3.05) is 19.6 Å². The summed E-state index contributed by atoms with van der Waals surface area (Å²) in [7, 11) is 0. The van der Waals surface area contributed by atoms with Crippen LogP contribution in [-0.4, -0.2) is 30.1 Å². The third kappa shape index (κ3) is 1.66.